The lowest BCUT2D eigenvalue weighted by atomic mass is 10.1. The van der Waals surface area contributed by atoms with Crippen molar-refractivity contribution in [1.29, 1.82) is 0 Å². The summed E-state index contributed by atoms with van der Waals surface area (Å²) < 4.78 is 5.23. The average molecular weight is 228 g/mol. The topological polar surface area (TPSA) is 116 Å². The Morgan fingerprint density at radius 1 is 1.44 bits per heavy atom. The number of H-pyrrole nitrogens is 1. The Labute approximate surface area is 90.3 Å². The molecule has 88 valence electrons. The molecule has 1 saturated heterocycles. The van der Waals surface area contributed by atoms with Gasteiger partial charge in [0.2, 0.25) is 0 Å². The van der Waals surface area contributed by atoms with Crippen LogP contribution in [0.1, 0.15) is 11.8 Å². The van der Waals surface area contributed by atoms with Crippen molar-refractivity contribution in [3.8, 4) is 0 Å². The molecule has 0 saturated carbocycles. The van der Waals surface area contributed by atoms with E-state index >= 15 is 0 Å². The number of nitrogens with one attached hydrogen (secondary N) is 1. The highest BCUT2D eigenvalue weighted by molar-refractivity contribution is 5.07. The first-order valence-corrected chi connectivity index (χ1v) is 4.80. The van der Waals surface area contributed by atoms with Crippen LogP contribution in [0.5, 0.6) is 0 Å². The number of aromatic amines is 1. The van der Waals surface area contributed by atoms with Gasteiger partial charge in [0.15, 0.2) is 0 Å². The molecule has 7 nitrogen and oxygen atoms in total. The monoisotopic (exact) mass is 228 g/mol. The van der Waals surface area contributed by atoms with E-state index in [1.807, 2.05) is 0 Å². The fourth-order valence-corrected chi connectivity index (χ4v) is 1.65. The molecule has 1 aromatic heterocycles. The van der Waals surface area contributed by atoms with Crippen molar-refractivity contribution in [1.82, 2.24) is 9.97 Å². The molecule has 1 aromatic rings. The Balaban J connectivity index is 2.22. The lowest BCUT2D eigenvalue weighted by Crippen LogP contribution is -2.32. The Kier molecular flexibility index (Phi) is 3.01. The Morgan fingerprint density at radius 3 is 2.69 bits per heavy atom. The molecule has 2 heterocycles. The molecule has 1 aliphatic heterocycles. The predicted molar refractivity (Wildman–Crippen MR) is 51.6 cm³/mol. The highest BCUT2D eigenvalue weighted by Crippen LogP contribution is 2.31. The highest BCUT2D eigenvalue weighted by atomic mass is 16.6. The van der Waals surface area contributed by atoms with E-state index in [9.17, 15) is 15.0 Å². The molecule has 0 spiro atoms. The van der Waals surface area contributed by atoms with Crippen LogP contribution in [-0.2, 0) is 4.74 Å². The first-order chi connectivity index (χ1) is 7.63. The maximum atomic E-state index is 10.8. The van der Waals surface area contributed by atoms with Crippen LogP contribution in [-0.4, -0.2) is 50.2 Å². The smallest absolute Gasteiger partial charge is 0.266 e. The maximum absolute atomic E-state index is 10.8. The van der Waals surface area contributed by atoms with Gasteiger partial charge in [-0.3, -0.25) is 9.78 Å². The molecule has 1 fully saturated rings. The molecule has 2 rings (SSSR count). The molecule has 4 N–H and O–H groups in total. The minimum absolute atomic E-state index is 0.308. The van der Waals surface area contributed by atoms with Crippen molar-refractivity contribution >= 4 is 0 Å². The first kappa shape index (κ1) is 11.2. The third kappa shape index (κ3) is 1.85. The fourth-order valence-electron chi connectivity index (χ4n) is 1.65. The summed E-state index contributed by atoms with van der Waals surface area (Å²) in [6.45, 7) is -0.391. The summed E-state index contributed by atoms with van der Waals surface area (Å²) in [5.41, 5.74) is -0.0578. The van der Waals surface area contributed by atoms with Crippen molar-refractivity contribution in [2.45, 2.75) is 24.4 Å². The summed E-state index contributed by atoms with van der Waals surface area (Å²) in [4.78, 5) is 17.0. The summed E-state index contributed by atoms with van der Waals surface area (Å²) in [5.74, 6) is 0. The molecule has 0 aliphatic carbocycles. The number of hydrogen-bond acceptors (Lipinski definition) is 6. The van der Waals surface area contributed by atoms with Gasteiger partial charge in [-0.1, -0.05) is 0 Å². The first-order valence-electron chi connectivity index (χ1n) is 4.80. The van der Waals surface area contributed by atoms with Crippen molar-refractivity contribution in [2.75, 3.05) is 6.61 Å². The summed E-state index contributed by atoms with van der Waals surface area (Å²) in [5, 5.41) is 28.1. The lowest BCUT2D eigenvalue weighted by molar-refractivity contribution is -0.0240. The average Bonchev–Trinajstić information content (AvgIpc) is 2.57. The Morgan fingerprint density at radius 2 is 2.19 bits per heavy atom. The van der Waals surface area contributed by atoms with Gasteiger partial charge in [0.25, 0.3) is 5.56 Å². The normalized spacial score (nSPS) is 34.2. The highest BCUT2D eigenvalue weighted by Gasteiger charge is 2.43. The van der Waals surface area contributed by atoms with Gasteiger partial charge < -0.3 is 25.0 Å². The predicted octanol–water partition coefficient (Wildman–Crippen LogP) is -2.08. The van der Waals surface area contributed by atoms with E-state index in [1.54, 1.807) is 0 Å². The largest absolute Gasteiger partial charge is 0.394 e. The van der Waals surface area contributed by atoms with E-state index in [0.717, 1.165) is 6.20 Å². The molecule has 1 unspecified atom stereocenters. The second-order valence-electron chi connectivity index (χ2n) is 3.59. The van der Waals surface area contributed by atoms with Crippen LogP contribution in [0.3, 0.4) is 0 Å². The molecule has 7 heteroatoms. The number of aliphatic hydroxyl groups excluding tert-OH is 3. The van der Waals surface area contributed by atoms with Crippen LogP contribution in [0.15, 0.2) is 17.2 Å². The minimum atomic E-state index is -1.17. The third-order valence-corrected chi connectivity index (χ3v) is 2.53. The summed E-state index contributed by atoms with van der Waals surface area (Å²) >= 11 is 0. The second-order valence-corrected chi connectivity index (χ2v) is 3.59. The van der Waals surface area contributed by atoms with Gasteiger partial charge in [-0.2, -0.15) is 0 Å². The molecule has 4 atom stereocenters. The molecular weight excluding hydrogens is 216 g/mol. The Bertz CT molecular complexity index is 400. The van der Waals surface area contributed by atoms with E-state index < -0.39 is 31.0 Å². The van der Waals surface area contributed by atoms with Crippen molar-refractivity contribution in [3.63, 3.8) is 0 Å². The fraction of sp³-hybridized carbons (Fsp3) is 0.556. The lowest BCUT2D eigenvalue weighted by Gasteiger charge is -2.12. The number of aliphatic hydroxyl groups is 3. The second kappa shape index (κ2) is 4.30. The number of hydrogen-bond donors (Lipinski definition) is 4. The van der Waals surface area contributed by atoms with Gasteiger partial charge in [-0.05, 0) is 0 Å². The zero-order valence-corrected chi connectivity index (χ0v) is 8.28. The minimum Gasteiger partial charge on any atom is -0.394 e. The van der Waals surface area contributed by atoms with Gasteiger partial charge >= 0.3 is 0 Å². The van der Waals surface area contributed by atoms with Crippen LogP contribution >= 0.6 is 0 Å². The van der Waals surface area contributed by atoms with Crippen LogP contribution < -0.4 is 5.56 Å². The zero-order chi connectivity index (χ0) is 11.7. The van der Waals surface area contributed by atoms with Crippen molar-refractivity contribution < 1.29 is 20.1 Å². The van der Waals surface area contributed by atoms with E-state index in [4.69, 9.17) is 9.84 Å². The number of nitrogens with zero attached hydrogens (tertiary/aromatic N) is 1. The quantitative estimate of drug-likeness (QED) is 0.462. The molecule has 0 radical (unpaired) electrons. The van der Waals surface area contributed by atoms with Gasteiger partial charge in [-0.15, -0.1) is 0 Å². The third-order valence-electron chi connectivity index (χ3n) is 2.53. The zero-order valence-electron chi connectivity index (χ0n) is 8.28. The van der Waals surface area contributed by atoms with Crippen LogP contribution in [0.4, 0.5) is 0 Å². The van der Waals surface area contributed by atoms with Gasteiger partial charge in [0, 0.05) is 6.20 Å². The molecule has 0 amide bonds. The SMILES string of the molecule is O=c1cnc([C@@H]2O[C@H](CO)[C@H](O)C2O)c[nH]1. The Hall–Kier alpha value is -1.28. The molecule has 0 aromatic carbocycles. The maximum Gasteiger partial charge on any atom is 0.266 e. The van der Waals surface area contributed by atoms with Crippen LogP contribution in [0, 0.1) is 0 Å². The summed E-state index contributed by atoms with van der Waals surface area (Å²) in [6.07, 6.45) is -1.65. The number of aromatic nitrogens is 2. The van der Waals surface area contributed by atoms with E-state index in [2.05, 4.69) is 9.97 Å². The van der Waals surface area contributed by atoms with Gasteiger partial charge in [0.1, 0.15) is 24.4 Å². The van der Waals surface area contributed by atoms with E-state index in [-0.39, 0.29) is 5.56 Å². The molecular formula is C9H12N2O5. The molecule has 1 aliphatic rings. The molecule has 0 bridgehead atoms. The number of rotatable bonds is 2. The van der Waals surface area contributed by atoms with Gasteiger partial charge in [-0.25, -0.2) is 0 Å². The van der Waals surface area contributed by atoms with Crippen LogP contribution in [0.2, 0.25) is 0 Å². The standard InChI is InChI=1S/C9H12N2O5/c12-3-5-7(14)8(15)9(16-5)4-1-11-6(13)2-10-4/h1-2,5,7-9,12,14-15H,3H2,(H,11,13)/t5-,7+,8?,9+/m1/s1. The van der Waals surface area contributed by atoms with E-state index in [1.165, 1.54) is 6.20 Å². The van der Waals surface area contributed by atoms with Crippen LogP contribution in [0.25, 0.3) is 0 Å². The molecule has 16 heavy (non-hydrogen) atoms. The summed E-state index contributed by atoms with van der Waals surface area (Å²) in [6, 6.07) is 0. The number of ether oxygens (including phenoxy) is 1. The van der Waals surface area contributed by atoms with Gasteiger partial charge in [0.05, 0.1) is 18.5 Å². The van der Waals surface area contributed by atoms with Crippen molar-refractivity contribution in [2.24, 2.45) is 0 Å². The summed E-state index contributed by atoms with van der Waals surface area (Å²) in [7, 11) is 0. The van der Waals surface area contributed by atoms with E-state index in [0.29, 0.717) is 5.69 Å². The van der Waals surface area contributed by atoms with Crippen molar-refractivity contribution in [3.05, 3.63) is 28.4 Å².